The summed E-state index contributed by atoms with van der Waals surface area (Å²) in [5.74, 6) is -0.253. The third kappa shape index (κ3) is 2.34. The molecule has 0 amide bonds. The molecule has 1 aromatic carbocycles. The largest absolute Gasteiger partial charge is 0.378 e. The molecule has 2 unspecified atom stereocenters. The highest BCUT2D eigenvalue weighted by molar-refractivity contribution is 6.30. The first-order valence-corrected chi connectivity index (χ1v) is 7.07. The normalized spacial score (nSPS) is 28.1. The van der Waals surface area contributed by atoms with Crippen LogP contribution in [0.25, 0.3) is 0 Å². The minimum absolute atomic E-state index is 0.253. The highest BCUT2D eigenvalue weighted by atomic mass is 35.5. The van der Waals surface area contributed by atoms with Crippen molar-refractivity contribution in [3.63, 3.8) is 0 Å². The maximum atomic E-state index is 13.8. The Morgan fingerprint density at radius 3 is 2.94 bits per heavy atom. The Labute approximate surface area is 112 Å². The quantitative estimate of drug-likeness (QED) is 0.883. The summed E-state index contributed by atoms with van der Waals surface area (Å²) in [5.41, 5.74) is 0.580. The number of piperidine rings is 1. The molecule has 2 atom stereocenters. The van der Waals surface area contributed by atoms with Crippen molar-refractivity contribution in [3.05, 3.63) is 29.0 Å². The third-order valence-electron chi connectivity index (χ3n) is 4.13. The molecule has 3 rings (SSSR count). The third-order valence-corrected chi connectivity index (χ3v) is 4.36. The monoisotopic (exact) mass is 268 g/mol. The number of benzene rings is 1. The Morgan fingerprint density at radius 1 is 1.22 bits per heavy atom. The lowest BCUT2D eigenvalue weighted by Gasteiger charge is -2.33. The van der Waals surface area contributed by atoms with Crippen LogP contribution in [0.5, 0.6) is 0 Å². The molecule has 2 aliphatic heterocycles. The lowest BCUT2D eigenvalue weighted by atomic mass is 9.99. The summed E-state index contributed by atoms with van der Waals surface area (Å²) >= 11 is 5.77. The number of nitrogens with one attached hydrogen (secondary N) is 1. The van der Waals surface area contributed by atoms with Crippen molar-refractivity contribution in [3.8, 4) is 0 Å². The molecule has 2 aliphatic rings. The van der Waals surface area contributed by atoms with Gasteiger partial charge >= 0.3 is 0 Å². The lowest BCUT2D eigenvalue weighted by molar-refractivity contribution is 0.192. The molecule has 0 spiro atoms. The van der Waals surface area contributed by atoms with Gasteiger partial charge < -0.3 is 5.32 Å². The first kappa shape index (κ1) is 12.2. The summed E-state index contributed by atoms with van der Waals surface area (Å²) in [5, 5.41) is 3.81. The predicted molar refractivity (Wildman–Crippen MR) is 72.6 cm³/mol. The van der Waals surface area contributed by atoms with E-state index in [1.54, 1.807) is 12.1 Å². The summed E-state index contributed by atoms with van der Waals surface area (Å²) in [4.78, 5) is 2.54. The minimum atomic E-state index is -0.253. The van der Waals surface area contributed by atoms with E-state index in [4.69, 9.17) is 11.6 Å². The fraction of sp³-hybridized carbons (Fsp3) is 0.571. The van der Waals surface area contributed by atoms with Gasteiger partial charge in [-0.15, -0.1) is 0 Å². The molecule has 2 heterocycles. The van der Waals surface area contributed by atoms with Crippen LogP contribution in [0.1, 0.15) is 25.7 Å². The van der Waals surface area contributed by atoms with Crippen LogP contribution in [0, 0.1) is 5.82 Å². The van der Waals surface area contributed by atoms with Crippen molar-refractivity contribution in [2.24, 2.45) is 0 Å². The van der Waals surface area contributed by atoms with Crippen LogP contribution in [-0.4, -0.2) is 30.1 Å². The van der Waals surface area contributed by atoms with Crippen LogP contribution in [0.2, 0.25) is 5.02 Å². The number of rotatable bonds is 2. The van der Waals surface area contributed by atoms with Crippen LogP contribution in [0.4, 0.5) is 10.1 Å². The van der Waals surface area contributed by atoms with E-state index in [2.05, 4.69) is 10.2 Å². The van der Waals surface area contributed by atoms with Gasteiger partial charge in [-0.05, 0) is 44.0 Å². The maximum Gasteiger partial charge on any atom is 0.147 e. The van der Waals surface area contributed by atoms with Gasteiger partial charge in [-0.1, -0.05) is 18.0 Å². The Balaban J connectivity index is 1.72. The topological polar surface area (TPSA) is 15.3 Å². The molecule has 0 bridgehead atoms. The van der Waals surface area contributed by atoms with E-state index in [0.717, 1.165) is 13.0 Å². The first-order valence-electron chi connectivity index (χ1n) is 6.70. The minimum Gasteiger partial charge on any atom is -0.378 e. The average Bonchev–Trinajstić information content (AvgIpc) is 2.76. The molecule has 0 aliphatic carbocycles. The van der Waals surface area contributed by atoms with Gasteiger partial charge in [0.25, 0.3) is 0 Å². The number of anilines is 1. The fourth-order valence-corrected chi connectivity index (χ4v) is 3.38. The van der Waals surface area contributed by atoms with Crippen LogP contribution < -0.4 is 5.32 Å². The maximum absolute atomic E-state index is 13.8. The van der Waals surface area contributed by atoms with Crippen LogP contribution in [0.3, 0.4) is 0 Å². The van der Waals surface area contributed by atoms with Crippen molar-refractivity contribution in [1.82, 2.24) is 4.90 Å². The van der Waals surface area contributed by atoms with E-state index >= 15 is 0 Å². The number of hydrogen-bond acceptors (Lipinski definition) is 2. The SMILES string of the molecule is Fc1cc(Cl)ccc1NC1CCN2CCCCC12. The van der Waals surface area contributed by atoms with E-state index in [0.29, 0.717) is 22.8 Å². The van der Waals surface area contributed by atoms with Gasteiger partial charge in [-0.2, -0.15) is 0 Å². The smallest absolute Gasteiger partial charge is 0.147 e. The number of nitrogens with zero attached hydrogens (tertiary/aromatic N) is 1. The van der Waals surface area contributed by atoms with Gasteiger partial charge in [0.15, 0.2) is 0 Å². The Kier molecular flexibility index (Phi) is 3.44. The molecule has 0 aromatic heterocycles. The van der Waals surface area contributed by atoms with Crippen LogP contribution in [0.15, 0.2) is 18.2 Å². The molecule has 0 saturated carbocycles. The zero-order valence-corrected chi connectivity index (χ0v) is 11.1. The van der Waals surface area contributed by atoms with Crippen LogP contribution >= 0.6 is 11.6 Å². The number of fused-ring (bicyclic) bond motifs is 1. The number of halogens is 2. The Bertz CT molecular complexity index is 438. The molecule has 1 aromatic rings. The van der Waals surface area contributed by atoms with E-state index in [1.807, 2.05) is 0 Å². The molecule has 1 N–H and O–H groups in total. The highest BCUT2D eigenvalue weighted by Gasteiger charge is 2.35. The van der Waals surface area contributed by atoms with E-state index < -0.39 is 0 Å². The van der Waals surface area contributed by atoms with Gasteiger partial charge in [-0.3, -0.25) is 4.90 Å². The molecule has 2 fully saturated rings. The van der Waals surface area contributed by atoms with E-state index in [-0.39, 0.29) is 5.82 Å². The van der Waals surface area contributed by atoms with Crippen LogP contribution in [-0.2, 0) is 0 Å². The second-order valence-electron chi connectivity index (χ2n) is 5.26. The van der Waals surface area contributed by atoms with Gasteiger partial charge in [0.2, 0.25) is 0 Å². The van der Waals surface area contributed by atoms with Gasteiger partial charge in [0, 0.05) is 23.7 Å². The summed E-state index contributed by atoms with van der Waals surface area (Å²) in [7, 11) is 0. The molecular formula is C14H18ClFN2. The van der Waals surface area contributed by atoms with Gasteiger partial charge in [-0.25, -0.2) is 4.39 Å². The van der Waals surface area contributed by atoms with E-state index in [1.165, 1.54) is 31.9 Å². The predicted octanol–water partition coefficient (Wildman–Crippen LogP) is 3.52. The molecule has 2 saturated heterocycles. The van der Waals surface area contributed by atoms with Crippen molar-refractivity contribution >= 4 is 17.3 Å². The Hall–Kier alpha value is -0.800. The highest BCUT2D eigenvalue weighted by Crippen LogP contribution is 2.30. The molecule has 98 valence electrons. The van der Waals surface area contributed by atoms with Crippen molar-refractivity contribution in [1.29, 1.82) is 0 Å². The summed E-state index contributed by atoms with van der Waals surface area (Å²) in [6, 6.07) is 5.80. The van der Waals surface area contributed by atoms with E-state index in [9.17, 15) is 4.39 Å². The standard InChI is InChI=1S/C14H18ClFN2/c15-10-4-5-12(11(16)9-10)17-13-6-8-18-7-2-1-3-14(13)18/h4-5,9,13-14,17H,1-3,6-8H2. The molecule has 4 heteroatoms. The molecule has 0 radical (unpaired) electrons. The second-order valence-corrected chi connectivity index (χ2v) is 5.70. The number of hydrogen-bond donors (Lipinski definition) is 1. The lowest BCUT2D eigenvalue weighted by Crippen LogP contribution is -2.41. The average molecular weight is 269 g/mol. The second kappa shape index (κ2) is 5.06. The molecule has 2 nitrogen and oxygen atoms in total. The summed E-state index contributed by atoms with van der Waals surface area (Å²) in [6.45, 7) is 2.34. The fourth-order valence-electron chi connectivity index (χ4n) is 3.22. The first-order chi connectivity index (χ1) is 8.74. The van der Waals surface area contributed by atoms with Crippen molar-refractivity contribution in [2.75, 3.05) is 18.4 Å². The van der Waals surface area contributed by atoms with Gasteiger partial charge in [0.05, 0.1) is 5.69 Å². The summed E-state index contributed by atoms with van der Waals surface area (Å²) < 4.78 is 13.8. The molecule has 18 heavy (non-hydrogen) atoms. The van der Waals surface area contributed by atoms with Crippen molar-refractivity contribution < 1.29 is 4.39 Å². The summed E-state index contributed by atoms with van der Waals surface area (Å²) in [6.07, 6.45) is 4.93. The van der Waals surface area contributed by atoms with Gasteiger partial charge in [0.1, 0.15) is 5.82 Å². The van der Waals surface area contributed by atoms with Crippen molar-refractivity contribution in [2.45, 2.75) is 37.8 Å². The molecular weight excluding hydrogens is 251 g/mol. The zero-order valence-electron chi connectivity index (χ0n) is 10.3. The Morgan fingerprint density at radius 2 is 2.11 bits per heavy atom. The zero-order chi connectivity index (χ0) is 12.5.